The van der Waals surface area contributed by atoms with Crippen molar-refractivity contribution in [2.24, 2.45) is 11.0 Å². The number of para-hydroxylation sites is 2. The Labute approximate surface area is 217 Å². The normalized spacial score (nSPS) is 18.6. The van der Waals surface area contributed by atoms with Crippen molar-refractivity contribution in [3.63, 3.8) is 0 Å². The second kappa shape index (κ2) is 9.81. The minimum absolute atomic E-state index is 0.231. The maximum atomic E-state index is 14.4. The number of benzene rings is 3. The number of amides is 2. The molecule has 2 amide bonds. The highest BCUT2D eigenvalue weighted by atomic mass is 16.5. The molecule has 3 aliphatic rings. The van der Waals surface area contributed by atoms with Crippen molar-refractivity contribution < 1.29 is 14.3 Å². The van der Waals surface area contributed by atoms with Gasteiger partial charge in [0.25, 0.3) is 0 Å². The van der Waals surface area contributed by atoms with E-state index in [0.29, 0.717) is 23.1 Å². The van der Waals surface area contributed by atoms with Crippen LogP contribution in [0.5, 0.6) is 11.5 Å². The summed E-state index contributed by atoms with van der Waals surface area (Å²) in [5, 5.41) is 6.75. The molecule has 0 bridgehead atoms. The number of aryl methyl sites for hydroxylation is 1. The van der Waals surface area contributed by atoms with E-state index in [1.165, 1.54) is 19.3 Å². The van der Waals surface area contributed by atoms with Gasteiger partial charge in [-0.1, -0.05) is 43.5 Å². The van der Waals surface area contributed by atoms with Gasteiger partial charge in [0.05, 0.1) is 17.1 Å². The number of urea groups is 1. The molecule has 0 saturated heterocycles. The van der Waals surface area contributed by atoms with Crippen LogP contribution in [0, 0.1) is 12.8 Å². The van der Waals surface area contributed by atoms with Crippen LogP contribution >= 0.6 is 0 Å². The average molecular weight is 497 g/mol. The number of hydrogen-bond acceptors (Lipinski definition) is 5. The summed E-state index contributed by atoms with van der Waals surface area (Å²) in [5.74, 6) is 1.65. The summed E-state index contributed by atoms with van der Waals surface area (Å²) in [7, 11) is 0. The van der Waals surface area contributed by atoms with E-state index in [4.69, 9.17) is 20.3 Å². The molecule has 2 heterocycles. The zero-order valence-electron chi connectivity index (χ0n) is 21.1. The van der Waals surface area contributed by atoms with Gasteiger partial charge in [0.1, 0.15) is 19.3 Å². The van der Waals surface area contributed by atoms with Crippen LogP contribution in [0.2, 0.25) is 0 Å². The number of ether oxygens (including phenoxy) is 2. The fraction of sp³-hybridized carbons (Fsp3) is 0.333. The van der Waals surface area contributed by atoms with Gasteiger partial charge in [-0.2, -0.15) is 5.10 Å². The quantitative estimate of drug-likeness (QED) is 0.433. The third-order valence-electron chi connectivity index (χ3n) is 7.47. The van der Waals surface area contributed by atoms with Crippen molar-refractivity contribution in [1.82, 2.24) is 5.01 Å². The Hall–Kier alpha value is -4.00. The number of fused-ring (bicyclic) bond motifs is 2. The summed E-state index contributed by atoms with van der Waals surface area (Å²) in [6, 6.07) is 20.7. The molecule has 7 nitrogen and oxygen atoms in total. The summed E-state index contributed by atoms with van der Waals surface area (Å²) in [5.41, 5.74) is 11.3. The zero-order chi connectivity index (χ0) is 25.4. The van der Waals surface area contributed by atoms with Crippen LogP contribution in [0.1, 0.15) is 43.2 Å². The fourth-order valence-electron chi connectivity index (χ4n) is 5.50. The number of hydrogen-bond donors (Lipinski definition) is 1. The van der Waals surface area contributed by atoms with Crippen molar-refractivity contribution >= 4 is 28.8 Å². The minimum atomic E-state index is -0.398. The maximum absolute atomic E-state index is 14.4. The molecule has 1 fully saturated rings. The number of carbonyl (C=O) groups excluding carboxylic acids is 1. The monoisotopic (exact) mass is 496 g/mol. The smallest absolute Gasteiger partial charge is 0.350 e. The van der Waals surface area contributed by atoms with Crippen LogP contribution < -0.4 is 20.1 Å². The Balaban J connectivity index is 1.47. The number of anilines is 3. The van der Waals surface area contributed by atoms with Gasteiger partial charge in [-0.15, -0.1) is 0 Å². The standard InChI is InChI=1S/C30H32N4O3/c1-20-11-16-25-26(17-20)33(23-14-12-22(31)13-15-23)30(35)34(32-29(25)21-7-3-2-4-8-21)24-18-36-27-9-5-6-10-28(27)37-19-24/h5-6,9-17,21,24H,2-4,7-8,18-19,31H2,1H3. The Morgan fingerprint density at radius 3 is 2.24 bits per heavy atom. The maximum Gasteiger partial charge on any atom is 0.350 e. The number of nitrogen functional groups attached to an aromatic ring is 1. The Morgan fingerprint density at radius 2 is 1.57 bits per heavy atom. The predicted molar refractivity (Wildman–Crippen MR) is 146 cm³/mol. The molecule has 2 aliphatic heterocycles. The number of nitrogens with zero attached hydrogens (tertiary/aromatic N) is 3. The van der Waals surface area contributed by atoms with Gasteiger partial charge in [0.15, 0.2) is 11.5 Å². The van der Waals surface area contributed by atoms with Gasteiger partial charge in [0, 0.05) is 17.2 Å². The van der Waals surface area contributed by atoms with Crippen LogP contribution in [0.4, 0.5) is 21.9 Å². The third kappa shape index (κ3) is 4.50. The molecular formula is C30H32N4O3. The molecule has 0 aromatic heterocycles. The SMILES string of the molecule is Cc1ccc2c(c1)N(c1ccc(N)cc1)C(=O)N(C1COc3ccccc3OC1)N=C2C1CCCCC1. The van der Waals surface area contributed by atoms with Crippen LogP contribution in [0.3, 0.4) is 0 Å². The van der Waals surface area contributed by atoms with Crippen molar-refractivity contribution in [1.29, 1.82) is 0 Å². The number of carbonyl (C=O) groups is 1. The molecule has 0 radical (unpaired) electrons. The lowest BCUT2D eigenvalue weighted by Crippen LogP contribution is -2.48. The molecule has 7 heteroatoms. The summed E-state index contributed by atoms with van der Waals surface area (Å²) < 4.78 is 12.2. The van der Waals surface area contributed by atoms with Gasteiger partial charge < -0.3 is 15.2 Å². The van der Waals surface area contributed by atoms with E-state index in [0.717, 1.165) is 41.1 Å². The van der Waals surface area contributed by atoms with Crippen molar-refractivity contribution in [2.45, 2.75) is 45.1 Å². The van der Waals surface area contributed by atoms with Crippen LogP contribution in [-0.4, -0.2) is 36.0 Å². The molecule has 37 heavy (non-hydrogen) atoms. The van der Waals surface area contributed by atoms with E-state index in [1.807, 2.05) is 48.5 Å². The number of hydrazone groups is 1. The van der Waals surface area contributed by atoms with E-state index in [-0.39, 0.29) is 19.2 Å². The summed E-state index contributed by atoms with van der Waals surface area (Å²) in [6.45, 7) is 2.63. The van der Waals surface area contributed by atoms with E-state index in [2.05, 4.69) is 25.1 Å². The molecule has 0 spiro atoms. The first-order valence-electron chi connectivity index (χ1n) is 13.1. The first-order valence-corrected chi connectivity index (χ1v) is 13.1. The van der Waals surface area contributed by atoms with Crippen molar-refractivity contribution in [2.75, 3.05) is 23.8 Å². The predicted octanol–water partition coefficient (Wildman–Crippen LogP) is 6.28. The molecule has 1 aliphatic carbocycles. The Bertz CT molecular complexity index is 1300. The Morgan fingerprint density at radius 1 is 0.892 bits per heavy atom. The lowest BCUT2D eigenvalue weighted by molar-refractivity contribution is 0.130. The van der Waals surface area contributed by atoms with Crippen LogP contribution in [0.15, 0.2) is 71.8 Å². The summed E-state index contributed by atoms with van der Waals surface area (Å²) in [4.78, 5) is 16.2. The molecule has 0 atom stereocenters. The second-order valence-electron chi connectivity index (χ2n) is 10.1. The van der Waals surface area contributed by atoms with Gasteiger partial charge in [0.2, 0.25) is 0 Å². The van der Waals surface area contributed by atoms with Crippen LogP contribution in [-0.2, 0) is 0 Å². The molecule has 3 aromatic carbocycles. The molecule has 3 aromatic rings. The molecule has 190 valence electrons. The molecule has 2 N–H and O–H groups in total. The highest BCUT2D eigenvalue weighted by Crippen LogP contribution is 2.39. The highest BCUT2D eigenvalue weighted by molar-refractivity contribution is 6.14. The van der Waals surface area contributed by atoms with Gasteiger partial charge >= 0.3 is 6.03 Å². The number of rotatable bonds is 3. The average Bonchev–Trinajstić information content (AvgIpc) is 3.21. The summed E-state index contributed by atoms with van der Waals surface area (Å²) in [6.07, 6.45) is 5.72. The van der Waals surface area contributed by atoms with Crippen molar-refractivity contribution in [3.8, 4) is 11.5 Å². The molecule has 6 rings (SSSR count). The largest absolute Gasteiger partial charge is 0.487 e. The van der Waals surface area contributed by atoms with Crippen LogP contribution in [0.25, 0.3) is 0 Å². The summed E-state index contributed by atoms with van der Waals surface area (Å²) >= 11 is 0. The van der Waals surface area contributed by atoms with Gasteiger partial charge in [-0.25, -0.2) is 9.80 Å². The Kier molecular flexibility index (Phi) is 6.20. The van der Waals surface area contributed by atoms with Gasteiger partial charge in [-0.3, -0.25) is 4.90 Å². The lowest BCUT2D eigenvalue weighted by Gasteiger charge is -2.30. The van der Waals surface area contributed by atoms with E-state index in [1.54, 1.807) is 9.91 Å². The first-order chi connectivity index (χ1) is 18.1. The minimum Gasteiger partial charge on any atom is -0.487 e. The van der Waals surface area contributed by atoms with Crippen molar-refractivity contribution in [3.05, 3.63) is 77.9 Å². The van der Waals surface area contributed by atoms with E-state index < -0.39 is 6.04 Å². The zero-order valence-corrected chi connectivity index (χ0v) is 21.1. The lowest BCUT2D eigenvalue weighted by atomic mass is 9.82. The third-order valence-corrected chi connectivity index (χ3v) is 7.47. The van der Waals surface area contributed by atoms with E-state index >= 15 is 0 Å². The fourth-order valence-corrected chi connectivity index (χ4v) is 5.50. The first kappa shape index (κ1) is 23.4. The molecular weight excluding hydrogens is 464 g/mol. The highest BCUT2D eigenvalue weighted by Gasteiger charge is 2.38. The van der Waals surface area contributed by atoms with Gasteiger partial charge in [-0.05, 0) is 67.8 Å². The molecule has 0 unspecified atom stereocenters. The van der Waals surface area contributed by atoms with E-state index in [9.17, 15) is 4.79 Å². The second-order valence-corrected chi connectivity index (χ2v) is 10.1. The topological polar surface area (TPSA) is 80.4 Å². The number of nitrogens with two attached hydrogens (primary N) is 1. The molecule has 1 saturated carbocycles.